The quantitative estimate of drug-likeness (QED) is 0.465. The fourth-order valence-corrected chi connectivity index (χ4v) is 1.89. The van der Waals surface area contributed by atoms with Gasteiger partial charge in [-0.15, -0.1) is 0 Å². The summed E-state index contributed by atoms with van der Waals surface area (Å²) in [6, 6.07) is 10.2. The van der Waals surface area contributed by atoms with E-state index in [1.165, 1.54) is 43.5 Å². The van der Waals surface area contributed by atoms with E-state index in [1.54, 1.807) is 0 Å². The Labute approximate surface area is 135 Å². The molecule has 0 amide bonds. The van der Waals surface area contributed by atoms with Crippen molar-refractivity contribution in [2.24, 2.45) is 0 Å². The van der Waals surface area contributed by atoms with E-state index >= 15 is 0 Å². The van der Waals surface area contributed by atoms with Crippen molar-refractivity contribution in [1.82, 2.24) is 0 Å². The number of methoxy groups -OCH3 is 1. The zero-order valence-electron chi connectivity index (χ0n) is 12.6. The molecule has 0 fully saturated rings. The summed E-state index contributed by atoms with van der Waals surface area (Å²) in [6.07, 6.45) is -4.84. The molecule has 0 saturated heterocycles. The Morgan fingerprint density at radius 2 is 1.67 bits per heavy atom. The van der Waals surface area contributed by atoms with Gasteiger partial charge in [0.25, 0.3) is 0 Å². The van der Waals surface area contributed by atoms with Crippen LogP contribution < -0.4 is 4.74 Å². The second kappa shape index (κ2) is 7.16. The predicted octanol–water partition coefficient (Wildman–Crippen LogP) is 4.24. The largest absolute Gasteiger partial charge is 0.469 e. The Hall–Kier alpha value is -2.83. The van der Waals surface area contributed by atoms with Crippen molar-refractivity contribution < 1.29 is 32.2 Å². The van der Waals surface area contributed by atoms with Crippen LogP contribution in [0.1, 0.15) is 22.3 Å². The molecule has 24 heavy (non-hydrogen) atoms. The fourth-order valence-electron chi connectivity index (χ4n) is 1.89. The maximum absolute atomic E-state index is 12.7. The van der Waals surface area contributed by atoms with Gasteiger partial charge in [-0.2, -0.15) is 13.2 Å². The van der Waals surface area contributed by atoms with Crippen LogP contribution in [0.4, 0.5) is 13.2 Å². The summed E-state index contributed by atoms with van der Waals surface area (Å²) in [6.45, 7) is 0. The van der Waals surface area contributed by atoms with Crippen molar-refractivity contribution in [3.05, 3.63) is 59.7 Å². The second-order valence-corrected chi connectivity index (χ2v) is 4.83. The molecule has 2 aromatic rings. The fraction of sp³-hybridized carbons (Fsp3) is 0.176. The van der Waals surface area contributed by atoms with Gasteiger partial charge in [-0.25, -0.2) is 0 Å². The summed E-state index contributed by atoms with van der Waals surface area (Å²) >= 11 is 0. The van der Waals surface area contributed by atoms with Gasteiger partial charge in [-0.1, -0.05) is 6.07 Å². The zero-order valence-corrected chi connectivity index (χ0v) is 12.6. The maximum atomic E-state index is 12.7. The number of Topliss-reactive ketones (excluding diaryl/α,β-unsaturated/α-hetero) is 1. The molecule has 7 heteroatoms. The standard InChI is InChI=1S/C17H13F3O4/c1-23-16(22)10-15(21)11-5-7-13(8-6-11)24-14-4-2-3-12(9-14)17(18,19)20/h2-9H,10H2,1H3. The van der Waals surface area contributed by atoms with E-state index in [0.717, 1.165) is 12.1 Å². The molecule has 0 aliphatic rings. The highest BCUT2D eigenvalue weighted by Gasteiger charge is 2.30. The first kappa shape index (κ1) is 17.5. The average Bonchev–Trinajstić information content (AvgIpc) is 2.54. The molecule has 0 N–H and O–H groups in total. The highest BCUT2D eigenvalue weighted by Crippen LogP contribution is 2.32. The van der Waals surface area contributed by atoms with E-state index < -0.39 is 23.5 Å². The normalized spacial score (nSPS) is 11.0. The SMILES string of the molecule is COC(=O)CC(=O)c1ccc(Oc2cccc(C(F)(F)F)c2)cc1. The van der Waals surface area contributed by atoms with Crippen molar-refractivity contribution in [1.29, 1.82) is 0 Å². The summed E-state index contributed by atoms with van der Waals surface area (Å²) in [4.78, 5) is 22.8. The Balaban J connectivity index is 2.09. The van der Waals surface area contributed by atoms with E-state index in [0.29, 0.717) is 0 Å². The van der Waals surface area contributed by atoms with Crippen molar-refractivity contribution >= 4 is 11.8 Å². The number of halogens is 3. The lowest BCUT2D eigenvalue weighted by atomic mass is 10.1. The summed E-state index contributed by atoms with van der Waals surface area (Å²) < 4.78 is 47.7. The molecular formula is C17H13F3O4. The van der Waals surface area contributed by atoms with Crippen molar-refractivity contribution in [2.75, 3.05) is 7.11 Å². The predicted molar refractivity (Wildman–Crippen MR) is 78.9 cm³/mol. The van der Waals surface area contributed by atoms with Gasteiger partial charge in [0.05, 0.1) is 12.7 Å². The van der Waals surface area contributed by atoms with Gasteiger partial charge in [-0.3, -0.25) is 9.59 Å². The van der Waals surface area contributed by atoms with Crippen LogP contribution in [0.15, 0.2) is 48.5 Å². The molecule has 4 nitrogen and oxygen atoms in total. The maximum Gasteiger partial charge on any atom is 0.416 e. The van der Waals surface area contributed by atoms with Gasteiger partial charge in [0.1, 0.15) is 17.9 Å². The molecule has 0 heterocycles. The molecule has 0 unspecified atom stereocenters. The number of hydrogen-bond donors (Lipinski definition) is 0. The van der Waals surface area contributed by atoms with Crippen LogP contribution in [0, 0.1) is 0 Å². The number of benzene rings is 2. The summed E-state index contributed by atoms with van der Waals surface area (Å²) in [7, 11) is 1.18. The van der Waals surface area contributed by atoms with E-state index in [2.05, 4.69) is 4.74 Å². The molecular weight excluding hydrogens is 325 g/mol. The molecule has 0 atom stereocenters. The van der Waals surface area contributed by atoms with Crippen molar-refractivity contribution in [3.63, 3.8) is 0 Å². The van der Waals surface area contributed by atoms with Crippen molar-refractivity contribution in [3.8, 4) is 11.5 Å². The van der Waals surface area contributed by atoms with Crippen LogP contribution in [0.25, 0.3) is 0 Å². The minimum absolute atomic E-state index is 0.0264. The summed E-state index contributed by atoms with van der Waals surface area (Å²) in [5.41, 5.74) is -0.540. The number of alkyl halides is 3. The van der Waals surface area contributed by atoms with Gasteiger partial charge >= 0.3 is 12.1 Å². The third-order valence-electron chi connectivity index (χ3n) is 3.11. The van der Waals surface area contributed by atoms with Crippen LogP contribution in [0.5, 0.6) is 11.5 Å². The molecule has 0 aliphatic heterocycles. The van der Waals surface area contributed by atoms with Crippen LogP contribution in [-0.2, 0) is 15.7 Å². The summed E-state index contributed by atoms with van der Waals surface area (Å²) in [5.74, 6) is -0.779. The van der Waals surface area contributed by atoms with E-state index in [9.17, 15) is 22.8 Å². The second-order valence-electron chi connectivity index (χ2n) is 4.83. The molecule has 0 bridgehead atoms. The Bertz CT molecular complexity index is 736. The number of esters is 1. The molecule has 0 aliphatic carbocycles. The smallest absolute Gasteiger partial charge is 0.416 e. The first-order valence-electron chi connectivity index (χ1n) is 6.85. The number of hydrogen-bond acceptors (Lipinski definition) is 4. The van der Waals surface area contributed by atoms with Crippen LogP contribution in [-0.4, -0.2) is 18.9 Å². The third kappa shape index (κ3) is 4.58. The third-order valence-corrected chi connectivity index (χ3v) is 3.11. The zero-order chi connectivity index (χ0) is 17.7. The van der Waals surface area contributed by atoms with Gasteiger partial charge in [0, 0.05) is 5.56 Å². The van der Waals surface area contributed by atoms with Gasteiger partial charge in [0.15, 0.2) is 5.78 Å². The first-order valence-corrected chi connectivity index (χ1v) is 6.85. The number of rotatable bonds is 5. The summed E-state index contributed by atoms with van der Waals surface area (Å²) in [5, 5.41) is 0. The number of ether oxygens (including phenoxy) is 2. The highest BCUT2D eigenvalue weighted by molar-refractivity contribution is 6.05. The average molecular weight is 338 g/mol. The molecule has 126 valence electrons. The number of carbonyl (C=O) groups is 2. The Kier molecular flexibility index (Phi) is 5.23. The van der Waals surface area contributed by atoms with E-state index in [-0.39, 0.29) is 23.5 Å². The Morgan fingerprint density at radius 1 is 1.00 bits per heavy atom. The van der Waals surface area contributed by atoms with Crippen LogP contribution >= 0.6 is 0 Å². The topological polar surface area (TPSA) is 52.6 Å². The highest BCUT2D eigenvalue weighted by atomic mass is 19.4. The molecule has 0 radical (unpaired) electrons. The molecule has 0 saturated carbocycles. The van der Waals surface area contributed by atoms with Gasteiger partial charge in [-0.05, 0) is 42.5 Å². The molecule has 0 aromatic heterocycles. The molecule has 2 rings (SSSR count). The first-order chi connectivity index (χ1) is 11.3. The van der Waals surface area contributed by atoms with Crippen LogP contribution in [0.3, 0.4) is 0 Å². The number of ketones is 1. The minimum atomic E-state index is -4.45. The minimum Gasteiger partial charge on any atom is -0.469 e. The lowest BCUT2D eigenvalue weighted by Gasteiger charge is -2.10. The van der Waals surface area contributed by atoms with E-state index in [1.807, 2.05) is 0 Å². The van der Waals surface area contributed by atoms with Crippen molar-refractivity contribution in [2.45, 2.75) is 12.6 Å². The number of carbonyl (C=O) groups excluding carboxylic acids is 2. The van der Waals surface area contributed by atoms with Gasteiger partial charge in [0.2, 0.25) is 0 Å². The monoisotopic (exact) mass is 338 g/mol. The Morgan fingerprint density at radius 3 is 2.25 bits per heavy atom. The lowest BCUT2D eigenvalue weighted by molar-refractivity contribution is -0.139. The van der Waals surface area contributed by atoms with Gasteiger partial charge < -0.3 is 9.47 Å². The lowest BCUT2D eigenvalue weighted by Crippen LogP contribution is -2.09. The van der Waals surface area contributed by atoms with E-state index in [4.69, 9.17) is 4.74 Å². The van der Waals surface area contributed by atoms with Crippen LogP contribution in [0.2, 0.25) is 0 Å². The molecule has 2 aromatic carbocycles. The molecule has 0 spiro atoms.